The van der Waals surface area contributed by atoms with Crippen LogP contribution in [0.3, 0.4) is 0 Å². The van der Waals surface area contributed by atoms with E-state index in [0.717, 1.165) is 24.9 Å². The molecule has 2 aromatic rings. The molecular weight excluding hydrogens is 362 g/mol. The van der Waals surface area contributed by atoms with Crippen LogP contribution in [0.25, 0.3) is 0 Å². The smallest absolute Gasteiger partial charge is 0.261 e. The van der Waals surface area contributed by atoms with Crippen LogP contribution in [-0.4, -0.2) is 33.0 Å². The molecule has 1 aliphatic heterocycles. The highest BCUT2D eigenvalue weighted by molar-refractivity contribution is 7.92. The molecule has 0 saturated carbocycles. The monoisotopic (exact) mass is 387 g/mol. The number of carbonyl (C=O) groups excluding carboxylic acids is 1. The highest BCUT2D eigenvalue weighted by atomic mass is 32.2. The number of anilines is 1. The first-order chi connectivity index (χ1) is 12.8. The summed E-state index contributed by atoms with van der Waals surface area (Å²) in [6.45, 7) is 4.92. The second-order valence-corrected chi connectivity index (χ2v) is 8.65. The van der Waals surface area contributed by atoms with Crippen molar-refractivity contribution < 1.29 is 13.2 Å². The molecule has 0 radical (unpaired) electrons. The molecule has 0 aromatic heterocycles. The van der Waals surface area contributed by atoms with Gasteiger partial charge in [0.2, 0.25) is 0 Å². The van der Waals surface area contributed by atoms with Crippen LogP contribution in [0.1, 0.15) is 35.7 Å². The third kappa shape index (κ3) is 4.87. The van der Waals surface area contributed by atoms with Gasteiger partial charge in [0.1, 0.15) is 0 Å². The van der Waals surface area contributed by atoms with Crippen molar-refractivity contribution in [2.75, 3.05) is 11.3 Å². The van der Waals surface area contributed by atoms with Crippen molar-refractivity contribution >= 4 is 21.6 Å². The van der Waals surface area contributed by atoms with E-state index >= 15 is 0 Å². The molecule has 0 aliphatic carbocycles. The van der Waals surface area contributed by atoms with Gasteiger partial charge in [-0.1, -0.05) is 23.8 Å². The minimum absolute atomic E-state index is 0.0391. The molecular formula is C20H25N3O3S. The third-order valence-electron chi connectivity index (χ3n) is 4.79. The lowest BCUT2D eigenvalue weighted by molar-refractivity contribution is 0.0919. The minimum atomic E-state index is -3.77. The number of piperidine rings is 1. The van der Waals surface area contributed by atoms with Gasteiger partial charge in [0.15, 0.2) is 0 Å². The maximum absolute atomic E-state index is 12.7. The number of amides is 1. The molecule has 2 unspecified atom stereocenters. The van der Waals surface area contributed by atoms with Gasteiger partial charge in [-0.15, -0.1) is 0 Å². The number of hydrogen-bond acceptors (Lipinski definition) is 4. The zero-order valence-corrected chi connectivity index (χ0v) is 16.3. The Bertz CT molecular complexity index is 910. The average Bonchev–Trinajstić information content (AvgIpc) is 2.65. The third-order valence-corrected chi connectivity index (χ3v) is 6.17. The summed E-state index contributed by atoms with van der Waals surface area (Å²) in [5, 5.41) is 6.34. The van der Waals surface area contributed by atoms with Crippen LogP contribution in [0.2, 0.25) is 0 Å². The molecule has 1 aliphatic rings. The quantitative estimate of drug-likeness (QED) is 0.736. The van der Waals surface area contributed by atoms with Crippen molar-refractivity contribution in [3.8, 4) is 0 Å². The predicted molar refractivity (Wildman–Crippen MR) is 106 cm³/mol. The fourth-order valence-electron chi connectivity index (χ4n) is 3.13. The molecule has 0 bridgehead atoms. The Labute approximate surface area is 160 Å². The van der Waals surface area contributed by atoms with Crippen molar-refractivity contribution in [2.45, 2.75) is 43.7 Å². The van der Waals surface area contributed by atoms with Gasteiger partial charge in [-0.3, -0.25) is 9.52 Å². The Kier molecular flexibility index (Phi) is 5.82. The van der Waals surface area contributed by atoms with E-state index in [2.05, 4.69) is 15.4 Å². The molecule has 6 nitrogen and oxygen atoms in total. The molecule has 1 heterocycles. The number of rotatable bonds is 5. The van der Waals surface area contributed by atoms with Gasteiger partial charge in [-0.25, -0.2) is 8.42 Å². The second-order valence-electron chi connectivity index (χ2n) is 6.96. The SMILES string of the molecule is Cc1ccc(NS(=O)(=O)c2cccc(C(=O)NC3CCCNC3C)c2)cc1. The maximum atomic E-state index is 12.7. The Hall–Kier alpha value is -2.38. The second kappa shape index (κ2) is 8.10. The first-order valence-corrected chi connectivity index (χ1v) is 10.6. The Balaban J connectivity index is 1.75. The van der Waals surface area contributed by atoms with Gasteiger partial charge in [0, 0.05) is 23.3 Å². The van der Waals surface area contributed by atoms with Crippen LogP contribution in [0.4, 0.5) is 5.69 Å². The van der Waals surface area contributed by atoms with Crippen molar-refractivity contribution in [2.24, 2.45) is 0 Å². The topological polar surface area (TPSA) is 87.3 Å². The molecule has 2 atom stereocenters. The van der Waals surface area contributed by atoms with E-state index in [1.807, 2.05) is 26.0 Å². The highest BCUT2D eigenvalue weighted by Gasteiger charge is 2.23. The fourth-order valence-corrected chi connectivity index (χ4v) is 4.24. The van der Waals surface area contributed by atoms with Crippen LogP contribution in [0.5, 0.6) is 0 Å². The molecule has 3 rings (SSSR count). The lowest BCUT2D eigenvalue weighted by Gasteiger charge is -2.30. The molecule has 144 valence electrons. The number of sulfonamides is 1. The number of nitrogens with one attached hydrogen (secondary N) is 3. The standard InChI is InChI=1S/C20H25N3O3S/c1-14-8-10-17(11-9-14)23-27(25,26)18-6-3-5-16(13-18)20(24)22-19-7-4-12-21-15(19)2/h3,5-6,8-11,13,15,19,21,23H,4,7,12H2,1-2H3,(H,22,24). The van der Waals surface area contributed by atoms with E-state index in [9.17, 15) is 13.2 Å². The number of hydrogen-bond donors (Lipinski definition) is 3. The molecule has 7 heteroatoms. The highest BCUT2D eigenvalue weighted by Crippen LogP contribution is 2.18. The lowest BCUT2D eigenvalue weighted by atomic mass is 9.99. The van der Waals surface area contributed by atoms with Gasteiger partial charge in [0.25, 0.3) is 15.9 Å². The summed E-state index contributed by atoms with van der Waals surface area (Å²) in [5.41, 5.74) is 1.86. The zero-order valence-electron chi connectivity index (χ0n) is 15.5. The summed E-state index contributed by atoms with van der Waals surface area (Å²) in [7, 11) is -3.77. The van der Waals surface area contributed by atoms with Crippen molar-refractivity contribution in [1.29, 1.82) is 0 Å². The van der Waals surface area contributed by atoms with Crippen LogP contribution in [-0.2, 0) is 10.0 Å². The summed E-state index contributed by atoms with van der Waals surface area (Å²) in [6, 6.07) is 13.4. The molecule has 2 aromatic carbocycles. The van der Waals surface area contributed by atoms with Gasteiger partial charge < -0.3 is 10.6 Å². The average molecular weight is 388 g/mol. The first kappa shape index (κ1) is 19.4. The largest absolute Gasteiger partial charge is 0.348 e. The van der Waals surface area contributed by atoms with Crippen molar-refractivity contribution in [3.63, 3.8) is 0 Å². The van der Waals surface area contributed by atoms with Crippen LogP contribution >= 0.6 is 0 Å². The van der Waals surface area contributed by atoms with Crippen LogP contribution < -0.4 is 15.4 Å². The van der Waals surface area contributed by atoms with Crippen LogP contribution in [0.15, 0.2) is 53.4 Å². The molecule has 1 saturated heterocycles. The molecule has 27 heavy (non-hydrogen) atoms. The van der Waals surface area contributed by atoms with Crippen molar-refractivity contribution in [1.82, 2.24) is 10.6 Å². The molecule has 0 spiro atoms. The molecule has 3 N–H and O–H groups in total. The summed E-state index contributed by atoms with van der Waals surface area (Å²) in [6.07, 6.45) is 1.91. The van der Waals surface area contributed by atoms with E-state index < -0.39 is 10.0 Å². The number of aryl methyl sites for hydroxylation is 1. The summed E-state index contributed by atoms with van der Waals surface area (Å²) < 4.78 is 27.8. The van der Waals surface area contributed by atoms with E-state index in [1.54, 1.807) is 24.3 Å². The molecule has 1 amide bonds. The minimum Gasteiger partial charge on any atom is -0.348 e. The van der Waals surface area contributed by atoms with Gasteiger partial charge in [-0.2, -0.15) is 0 Å². The van der Waals surface area contributed by atoms with E-state index in [1.165, 1.54) is 12.1 Å². The van der Waals surface area contributed by atoms with Crippen LogP contribution in [0, 0.1) is 6.92 Å². The summed E-state index contributed by atoms with van der Waals surface area (Å²) in [4.78, 5) is 12.6. The summed E-state index contributed by atoms with van der Waals surface area (Å²) in [5.74, 6) is -0.261. The Morgan fingerprint density at radius 1 is 1.15 bits per heavy atom. The fraction of sp³-hybridized carbons (Fsp3) is 0.350. The van der Waals surface area contributed by atoms with E-state index in [-0.39, 0.29) is 22.9 Å². The van der Waals surface area contributed by atoms with E-state index in [4.69, 9.17) is 0 Å². The van der Waals surface area contributed by atoms with Gasteiger partial charge in [-0.05, 0) is 63.6 Å². The maximum Gasteiger partial charge on any atom is 0.261 e. The normalized spacial score (nSPS) is 20.1. The Morgan fingerprint density at radius 2 is 1.89 bits per heavy atom. The predicted octanol–water partition coefficient (Wildman–Crippen LogP) is 2.67. The van der Waals surface area contributed by atoms with Crippen molar-refractivity contribution in [3.05, 3.63) is 59.7 Å². The number of benzene rings is 2. The van der Waals surface area contributed by atoms with E-state index in [0.29, 0.717) is 11.3 Å². The van der Waals surface area contributed by atoms with Gasteiger partial charge >= 0.3 is 0 Å². The lowest BCUT2D eigenvalue weighted by Crippen LogP contribution is -2.51. The first-order valence-electron chi connectivity index (χ1n) is 9.09. The van der Waals surface area contributed by atoms with Gasteiger partial charge in [0.05, 0.1) is 4.90 Å². The Morgan fingerprint density at radius 3 is 2.59 bits per heavy atom. The zero-order chi connectivity index (χ0) is 19.4. The number of carbonyl (C=O) groups is 1. The summed E-state index contributed by atoms with van der Waals surface area (Å²) >= 11 is 0. The molecule has 1 fully saturated rings.